The lowest BCUT2D eigenvalue weighted by atomic mass is 10.3. The third-order valence-electron chi connectivity index (χ3n) is 2.53. The number of anilines is 1. The minimum absolute atomic E-state index is 0.00332. The zero-order valence-electron chi connectivity index (χ0n) is 11.6. The van der Waals surface area contributed by atoms with Gasteiger partial charge in [0.15, 0.2) is 0 Å². The normalized spacial score (nSPS) is 11.3. The first-order chi connectivity index (χ1) is 9.86. The molecule has 0 fully saturated rings. The number of methoxy groups -OCH3 is 1. The van der Waals surface area contributed by atoms with Crippen molar-refractivity contribution in [3.05, 3.63) is 22.7 Å². The largest absolute Gasteiger partial charge is 0.398 e. The van der Waals surface area contributed by atoms with Crippen molar-refractivity contribution in [2.75, 3.05) is 32.5 Å². The smallest absolute Gasteiger partial charge is 0.242 e. The van der Waals surface area contributed by atoms with Crippen molar-refractivity contribution in [3.63, 3.8) is 0 Å². The van der Waals surface area contributed by atoms with Gasteiger partial charge in [-0.1, -0.05) is 15.9 Å². The van der Waals surface area contributed by atoms with Crippen LogP contribution in [0, 0.1) is 0 Å². The summed E-state index contributed by atoms with van der Waals surface area (Å²) in [6, 6.07) is 4.49. The number of benzene rings is 1. The summed E-state index contributed by atoms with van der Waals surface area (Å²) < 4.78 is 31.9. The molecule has 0 bridgehead atoms. The Bertz CT molecular complexity index is 592. The molecular formula is C12H18BrN3O4S. The number of nitrogen functional groups attached to an aromatic ring is 1. The monoisotopic (exact) mass is 379 g/mol. The first kappa shape index (κ1) is 17.9. The quantitative estimate of drug-likeness (QED) is 0.448. The molecule has 0 heterocycles. The fourth-order valence-electron chi connectivity index (χ4n) is 1.52. The molecule has 21 heavy (non-hydrogen) atoms. The molecule has 118 valence electrons. The van der Waals surface area contributed by atoms with Gasteiger partial charge in [-0.25, -0.2) is 13.1 Å². The van der Waals surface area contributed by atoms with Gasteiger partial charge < -0.3 is 15.8 Å². The summed E-state index contributed by atoms with van der Waals surface area (Å²) in [7, 11) is -2.20. The van der Waals surface area contributed by atoms with Gasteiger partial charge in [-0.05, 0) is 18.2 Å². The Morgan fingerprint density at radius 1 is 1.38 bits per heavy atom. The molecule has 9 heteroatoms. The maximum Gasteiger partial charge on any atom is 0.242 e. The van der Waals surface area contributed by atoms with Crippen LogP contribution in [0.4, 0.5) is 5.69 Å². The predicted molar refractivity (Wildman–Crippen MR) is 83.2 cm³/mol. The number of hydrogen-bond acceptors (Lipinski definition) is 5. The molecule has 0 aliphatic heterocycles. The second kappa shape index (κ2) is 8.32. The Morgan fingerprint density at radius 3 is 2.71 bits per heavy atom. The fourth-order valence-corrected chi connectivity index (χ4v) is 3.04. The molecular weight excluding hydrogens is 362 g/mol. The van der Waals surface area contributed by atoms with Crippen LogP contribution in [-0.2, 0) is 19.6 Å². The van der Waals surface area contributed by atoms with Crippen LogP contribution in [0.1, 0.15) is 6.42 Å². The van der Waals surface area contributed by atoms with Crippen molar-refractivity contribution in [2.24, 2.45) is 0 Å². The van der Waals surface area contributed by atoms with E-state index in [2.05, 4.69) is 26.0 Å². The average molecular weight is 380 g/mol. The standard InChI is InChI=1S/C12H18BrN3O4S/c1-20-7-6-15-12(17)4-5-16-21(18,19)11-3-2-9(13)8-10(11)14/h2-3,8,16H,4-7,14H2,1H3,(H,15,17). The summed E-state index contributed by atoms with van der Waals surface area (Å²) in [6.07, 6.45) is 0.0410. The molecule has 1 aromatic rings. The molecule has 0 aliphatic carbocycles. The second-order valence-corrected chi connectivity index (χ2v) is 6.82. The van der Waals surface area contributed by atoms with E-state index in [1.54, 1.807) is 6.07 Å². The Morgan fingerprint density at radius 2 is 2.10 bits per heavy atom. The van der Waals surface area contributed by atoms with Crippen molar-refractivity contribution in [2.45, 2.75) is 11.3 Å². The number of nitrogens with one attached hydrogen (secondary N) is 2. The van der Waals surface area contributed by atoms with E-state index >= 15 is 0 Å². The van der Waals surface area contributed by atoms with Gasteiger partial charge in [-0.3, -0.25) is 4.79 Å². The maximum absolute atomic E-state index is 12.0. The van der Waals surface area contributed by atoms with Crippen LogP contribution in [0.25, 0.3) is 0 Å². The summed E-state index contributed by atoms with van der Waals surface area (Å²) in [5, 5.41) is 2.60. The number of ether oxygens (including phenoxy) is 1. The van der Waals surface area contributed by atoms with Crippen LogP contribution >= 0.6 is 15.9 Å². The molecule has 0 spiro atoms. The van der Waals surface area contributed by atoms with Gasteiger partial charge in [0.25, 0.3) is 0 Å². The van der Waals surface area contributed by atoms with E-state index < -0.39 is 10.0 Å². The minimum atomic E-state index is -3.73. The Balaban J connectivity index is 2.52. The van der Waals surface area contributed by atoms with Crippen molar-refractivity contribution in [1.82, 2.24) is 10.0 Å². The average Bonchev–Trinajstić information content (AvgIpc) is 2.38. The molecule has 1 amide bonds. The molecule has 7 nitrogen and oxygen atoms in total. The van der Waals surface area contributed by atoms with Crippen LogP contribution < -0.4 is 15.8 Å². The summed E-state index contributed by atoms with van der Waals surface area (Å²) in [5.74, 6) is -0.251. The Kier molecular flexibility index (Phi) is 7.09. The number of sulfonamides is 1. The number of amides is 1. The number of nitrogens with two attached hydrogens (primary N) is 1. The molecule has 4 N–H and O–H groups in total. The van der Waals surface area contributed by atoms with E-state index in [-0.39, 0.29) is 29.5 Å². The number of carbonyl (C=O) groups excluding carboxylic acids is 1. The van der Waals surface area contributed by atoms with Crippen LogP contribution in [0.3, 0.4) is 0 Å². The fraction of sp³-hybridized carbons (Fsp3) is 0.417. The Hall–Kier alpha value is -1.16. The lowest BCUT2D eigenvalue weighted by Crippen LogP contribution is -2.32. The van der Waals surface area contributed by atoms with E-state index in [1.165, 1.54) is 19.2 Å². The molecule has 0 aliphatic rings. The molecule has 1 rings (SSSR count). The number of carbonyl (C=O) groups is 1. The van der Waals surface area contributed by atoms with Gasteiger partial charge in [0.05, 0.1) is 12.3 Å². The second-order valence-electron chi connectivity index (χ2n) is 4.17. The topological polar surface area (TPSA) is 111 Å². The first-order valence-electron chi connectivity index (χ1n) is 6.17. The van der Waals surface area contributed by atoms with E-state index in [0.29, 0.717) is 17.6 Å². The third kappa shape index (κ3) is 6.00. The van der Waals surface area contributed by atoms with E-state index in [0.717, 1.165) is 0 Å². The van der Waals surface area contributed by atoms with E-state index in [4.69, 9.17) is 10.5 Å². The minimum Gasteiger partial charge on any atom is -0.398 e. The molecule has 0 unspecified atom stereocenters. The highest BCUT2D eigenvalue weighted by Gasteiger charge is 2.17. The molecule has 0 saturated heterocycles. The van der Waals surface area contributed by atoms with Crippen LogP contribution in [0.5, 0.6) is 0 Å². The summed E-state index contributed by atoms with van der Waals surface area (Å²) in [4.78, 5) is 11.4. The number of halogens is 1. The molecule has 1 aromatic carbocycles. The summed E-state index contributed by atoms with van der Waals surface area (Å²) in [5.41, 5.74) is 5.82. The van der Waals surface area contributed by atoms with Crippen LogP contribution in [-0.4, -0.2) is 41.1 Å². The SMILES string of the molecule is COCCNC(=O)CCNS(=O)(=O)c1ccc(Br)cc1N. The molecule has 0 aromatic heterocycles. The number of rotatable bonds is 8. The summed E-state index contributed by atoms with van der Waals surface area (Å²) in [6.45, 7) is 0.797. The highest BCUT2D eigenvalue weighted by molar-refractivity contribution is 9.10. The number of hydrogen-bond donors (Lipinski definition) is 3. The van der Waals surface area contributed by atoms with Crippen LogP contribution in [0.15, 0.2) is 27.6 Å². The zero-order valence-corrected chi connectivity index (χ0v) is 14.0. The highest BCUT2D eigenvalue weighted by atomic mass is 79.9. The van der Waals surface area contributed by atoms with Crippen molar-refractivity contribution >= 4 is 37.5 Å². The highest BCUT2D eigenvalue weighted by Crippen LogP contribution is 2.22. The molecule has 0 radical (unpaired) electrons. The van der Waals surface area contributed by atoms with Gasteiger partial charge in [0.2, 0.25) is 15.9 Å². The Labute approximate surface area is 132 Å². The van der Waals surface area contributed by atoms with Gasteiger partial charge in [0, 0.05) is 31.1 Å². The lowest BCUT2D eigenvalue weighted by Gasteiger charge is -2.09. The zero-order chi connectivity index (χ0) is 15.9. The van der Waals surface area contributed by atoms with E-state index in [9.17, 15) is 13.2 Å². The van der Waals surface area contributed by atoms with Gasteiger partial charge in [0.1, 0.15) is 4.90 Å². The van der Waals surface area contributed by atoms with Crippen molar-refractivity contribution < 1.29 is 17.9 Å². The third-order valence-corrected chi connectivity index (χ3v) is 4.56. The van der Waals surface area contributed by atoms with Gasteiger partial charge in [-0.2, -0.15) is 0 Å². The van der Waals surface area contributed by atoms with Crippen molar-refractivity contribution in [1.29, 1.82) is 0 Å². The maximum atomic E-state index is 12.0. The first-order valence-corrected chi connectivity index (χ1v) is 8.45. The lowest BCUT2D eigenvalue weighted by molar-refractivity contribution is -0.121. The summed E-state index contributed by atoms with van der Waals surface area (Å²) >= 11 is 3.21. The van der Waals surface area contributed by atoms with E-state index in [1.807, 2.05) is 0 Å². The molecule has 0 atom stereocenters. The van der Waals surface area contributed by atoms with Crippen molar-refractivity contribution in [3.8, 4) is 0 Å². The van der Waals surface area contributed by atoms with Gasteiger partial charge in [-0.15, -0.1) is 0 Å². The predicted octanol–water partition coefficient (Wildman–Crippen LogP) is 0.462. The molecule has 0 saturated carbocycles. The van der Waals surface area contributed by atoms with Gasteiger partial charge >= 0.3 is 0 Å². The van der Waals surface area contributed by atoms with Crippen LogP contribution in [0.2, 0.25) is 0 Å².